The molecule has 3 heterocycles. The van der Waals surface area contributed by atoms with Crippen molar-refractivity contribution in [2.75, 3.05) is 36.9 Å². The Kier molecular flexibility index (Phi) is 6.31. The van der Waals surface area contributed by atoms with Gasteiger partial charge in [-0.2, -0.15) is 4.31 Å². The minimum absolute atomic E-state index is 0.0174. The predicted molar refractivity (Wildman–Crippen MR) is 133 cm³/mol. The molecule has 0 bridgehead atoms. The van der Waals surface area contributed by atoms with Crippen molar-refractivity contribution < 1.29 is 27.5 Å². The number of oxazole rings is 1. The van der Waals surface area contributed by atoms with Gasteiger partial charge < -0.3 is 24.9 Å². The molecule has 0 radical (unpaired) electrons. The molecular weight excluding hydrogens is 486 g/mol. The zero-order valence-electron chi connectivity index (χ0n) is 19.3. The number of morpholine rings is 1. The molecule has 11 nitrogen and oxygen atoms in total. The number of carbonyl (C=O) groups is 1. The average molecular weight is 510 g/mol. The van der Waals surface area contributed by atoms with Gasteiger partial charge in [-0.3, -0.25) is 4.98 Å². The van der Waals surface area contributed by atoms with Crippen LogP contribution in [0, 0.1) is 6.92 Å². The van der Waals surface area contributed by atoms with Gasteiger partial charge in [0.2, 0.25) is 10.0 Å². The fourth-order valence-electron chi connectivity index (χ4n) is 4.05. The lowest BCUT2D eigenvalue weighted by molar-refractivity contribution is 0.0698. The van der Waals surface area contributed by atoms with Crippen LogP contribution in [-0.4, -0.2) is 60.1 Å². The summed E-state index contributed by atoms with van der Waals surface area (Å²) in [4.78, 5) is 20.4. The third-order valence-electron chi connectivity index (χ3n) is 5.86. The second-order valence-electron chi connectivity index (χ2n) is 8.14. The number of aromatic carboxylic acids is 1. The van der Waals surface area contributed by atoms with E-state index in [1.807, 2.05) is 0 Å². The summed E-state index contributed by atoms with van der Waals surface area (Å²) >= 11 is 0. The molecule has 0 unspecified atom stereocenters. The van der Waals surface area contributed by atoms with Crippen molar-refractivity contribution in [3.05, 3.63) is 66.2 Å². The predicted octanol–water partition coefficient (Wildman–Crippen LogP) is 3.74. The van der Waals surface area contributed by atoms with Crippen molar-refractivity contribution in [1.82, 2.24) is 14.3 Å². The number of hydrogen-bond acceptors (Lipinski definition) is 9. The Labute approximate surface area is 206 Å². The summed E-state index contributed by atoms with van der Waals surface area (Å²) in [5, 5.41) is 16.4. The smallest absolute Gasteiger partial charge is 0.337 e. The lowest BCUT2D eigenvalue weighted by Crippen LogP contribution is -2.40. The monoisotopic (exact) mass is 509 g/mol. The van der Waals surface area contributed by atoms with Crippen molar-refractivity contribution in [2.24, 2.45) is 0 Å². The maximum atomic E-state index is 13.7. The number of carboxylic acid groups (broad SMARTS) is 1. The van der Waals surface area contributed by atoms with E-state index in [1.54, 1.807) is 37.3 Å². The maximum Gasteiger partial charge on any atom is 0.337 e. The highest BCUT2D eigenvalue weighted by molar-refractivity contribution is 7.89. The van der Waals surface area contributed by atoms with Crippen LogP contribution in [0.25, 0.3) is 10.9 Å². The summed E-state index contributed by atoms with van der Waals surface area (Å²) in [7, 11) is -3.98. The van der Waals surface area contributed by atoms with Crippen molar-refractivity contribution >= 4 is 50.0 Å². The molecule has 36 heavy (non-hydrogen) atoms. The van der Waals surface area contributed by atoms with Crippen molar-refractivity contribution in [2.45, 2.75) is 11.8 Å². The van der Waals surface area contributed by atoms with E-state index in [9.17, 15) is 18.3 Å². The molecule has 0 saturated carbocycles. The van der Waals surface area contributed by atoms with Gasteiger partial charge in [0.15, 0.2) is 0 Å². The Morgan fingerprint density at radius 1 is 1.08 bits per heavy atom. The second-order valence-corrected chi connectivity index (χ2v) is 10.0. The van der Waals surface area contributed by atoms with E-state index in [0.717, 1.165) is 0 Å². The molecular formula is C24H23N5O6S. The highest BCUT2D eigenvalue weighted by atomic mass is 32.2. The molecule has 4 aromatic rings. The number of carboxylic acids is 1. The molecule has 0 amide bonds. The van der Waals surface area contributed by atoms with Gasteiger partial charge in [-0.1, -0.05) is 12.1 Å². The largest absolute Gasteiger partial charge is 0.478 e. The van der Waals surface area contributed by atoms with E-state index in [0.29, 0.717) is 27.8 Å². The first-order valence-electron chi connectivity index (χ1n) is 11.1. The zero-order valence-corrected chi connectivity index (χ0v) is 20.1. The number of benzene rings is 2. The highest BCUT2D eigenvalue weighted by Gasteiger charge is 2.31. The minimum Gasteiger partial charge on any atom is -0.478 e. The van der Waals surface area contributed by atoms with Crippen LogP contribution in [0.5, 0.6) is 0 Å². The number of anilines is 4. The average Bonchev–Trinajstić information content (AvgIpc) is 3.38. The van der Waals surface area contributed by atoms with Gasteiger partial charge in [0.25, 0.3) is 6.01 Å². The number of ether oxygens (including phenoxy) is 1. The number of hydrogen-bond donors (Lipinski definition) is 3. The Morgan fingerprint density at radius 2 is 1.89 bits per heavy atom. The number of aryl methyl sites for hydroxylation is 1. The number of rotatable bonds is 7. The summed E-state index contributed by atoms with van der Waals surface area (Å²) in [6, 6.07) is 10.3. The van der Waals surface area contributed by atoms with Gasteiger partial charge in [0.1, 0.15) is 11.2 Å². The van der Waals surface area contributed by atoms with Crippen molar-refractivity contribution in [3.8, 4) is 0 Å². The van der Waals surface area contributed by atoms with Crippen LogP contribution >= 0.6 is 0 Å². The number of sulfonamides is 1. The number of nitrogens with one attached hydrogen (secondary N) is 2. The molecule has 0 spiro atoms. The van der Waals surface area contributed by atoms with Crippen LogP contribution in [0.3, 0.4) is 0 Å². The first-order valence-corrected chi connectivity index (χ1v) is 12.6. The van der Waals surface area contributed by atoms with E-state index in [4.69, 9.17) is 9.15 Å². The Hall–Kier alpha value is -4.00. The summed E-state index contributed by atoms with van der Waals surface area (Å²) in [5.41, 5.74) is 2.27. The third-order valence-corrected chi connectivity index (χ3v) is 7.77. The zero-order chi connectivity index (χ0) is 25.3. The summed E-state index contributed by atoms with van der Waals surface area (Å²) < 4.78 is 39.4. The van der Waals surface area contributed by atoms with Crippen LogP contribution in [0.1, 0.15) is 15.9 Å². The standard InChI is InChI=1S/C24H23N5O6S/c1-15-3-2-4-17(23(30)31)21(15)28-22-18-13-16(27-24-25-7-10-35-24)5-6-19(18)26-14-20(22)36(32,33)29-8-11-34-12-9-29/h2-7,10,13-14H,8-9,11-12H2,1H3,(H,25,27)(H,26,28)(H,30,31). The number of pyridine rings is 1. The molecule has 0 aliphatic carbocycles. The van der Waals surface area contributed by atoms with Gasteiger partial charge in [-0.15, -0.1) is 0 Å². The summed E-state index contributed by atoms with van der Waals surface area (Å²) in [6.07, 6.45) is 4.22. The van der Waals surface area contributed by atoms with Crippen molar-refractivity contribution in [3.63, 3.8) is 0 Å². The molecule has 1 aliphatic rings. The van der Waals surface area contributed by atoms with Crippen molar-refractivity contribution in [1.29, 1.82) is 0 Å². The lowest BCUT2D eigenvalue weighted by Gasteiger charge is -2.27. The molecule has 2 aromatic carbocycles. The Balaban J connectivity index is 1.71. The second kappa shape index (κ2) is 9.57. The normalized spacial score (nSPS) is 14.6. The summed E-state index contributed by atoms with van der Waals surface area (Å²) in [5.74, 6) is -1.14. The maximum absolute atomic E-state index is 13.7. The van der Waals surface area contributed by atoms with E-state index < -0.39 is 16.0 Å². The minimum atomic E-state index is -3.98. The lowest BCUT2D eigenvalue weighted by atomic mass is 10.1. The quantitative estimate of drug-likeness (QED) is 0.337. The topological polar surface area (TPSA) is 147 Å². The molecule has 1 saturated heterocycles. The third kappa shape index (κ3) is 4.49. The number of nitrogens with zero attached hydrogens (tertiary/aromatic N) is 3. The highest BCUT2D eigenvalue weighted by Crippen LogP contribution is 2.37. The molecule has 3 N–H and O–H groups in total. The molecule has 1 aliphatic heterocycles. The molecule has 5 rings (SSSR count). The van der Waals surface area contributed by atoms with Gasteiger partial charge in [-0.25, -0.2) is 18.2 Å². The van der Waals surface area contributed by atoms with Gasteiger partial charge in [-0.05, 0) is 36.8 Å². The fraction of sp³-hybridized carbons (Fsp3) is 0.208. The van der Waals surface area contributed by atoms with E-state index >= 15 is 0 Å². The molecule has 186 valence electrons. The summed E-state index contributed by atoms with van der Waals surface area (Å²) in [6.45, 7) is 2.73. The van der Waals surface area contributed by atoms with E-state index in [1.165, 1.54) is 29.0 Å². The number of aromatic nitrogens is 2. The number of para-hydroxylation sites is 1. The van der Waals surface area contributed by atoms with Crippen LogP contribution in [-0.2, 0) is 14.8 Å². The van der Waals surface area contributed by atoms with Crippen LogP contribution < -0.4 is 10.6 Å². The van der Waals surface area contributed by atoms with Crippen LogP contribution in [0.4, 0.5) is 23.1 Å². The molecule has 0 atom stereocenters. The molecule has 12 heteroatoms. The molecule has 1 fully saturated rings. The van der Waals surface area contributed by atoms with E-state index in [-0.39, 0.29) is 48.5 Å². The Bertz CT molecular complexity index is 1530. The SMILES string of the molecule is Cc1cccc(C(=O)O)c1Nc1c(S(=O)(=O)N2CCOCC2)cnc2ccc(Nc3ncco3)cc12. The molecule has 2 aromatic heterocycles. The van der Waals surface area contributed by atoms with Gasteiger partial charge >= 0.3 is 5.97 Å². The van der Waals surface area contributed by atoms with E-state index in [2.05, 4.69) is 20.6 Å². The fourth-order valence-corrected chi connectivity index (χ4v) is 5.56. The van der Waals surface area contributed by atoms with Crippen LogP contribution in [0.2, 0.25) is 0 Å². The van der Waals surface area contributed by atoms with Gasteiger partial charge in [0, 0.05) is 30.4 Å². The first-order chi connectivity index (χ1) is 17.3. The number of fused-ring (bicyclic) bond motifs is 1. The Morgan fingerprint density at radius 3 is 2.61 bits per heavy atom. The van der Waals surface area contributed by atoms with Crippen LogP contribution in [0.15, 0.2) is 64.4 Å². The first kappa shape index (κ1) is 23.7. The van der Waals surface area contributed by atoms with Gasteiger partial charge in [0.05, 0.1) is 41.9 Å².